The molecular weight excluding hydrogens is 589 g/mol. The van der Waals surface area contributed by atoms with Crippen molar-refractivity contribution >= 4 is 37.9 Å². The van der Waals surface area contributed by atoms with Crippen LogP contribution in [0.5, 0.6) is 0 Å². The van der Waals surface area contributed by atoms with Crippen molar-refractivity contribution in [2.24, 2.45) is 11.8 Å². The van der Waals surface area contributed by atoms with Crippen LogP contribution in [0.25, 0.3) is 71.3 Å². The third-order valence-electron chi connectivity index (χ3n) is 10.3. The Morgan fingerprint density at radius 1 is 0.510 bits per heavy atom. The zero-order valence-electron chi connectivity index (χ0n) is 29.7. The van der Waals surface area contributed by atoms with Gasteiger partial charge in [0.25, 0.3) is 0 Å². The second kappa shape index (κ2) is 13.7. The number of allylic oxidation sites excluding steroid dienone is 4. The summed E-state index contributed by atoms with van der Waals surface area (Å²) in [6, 6.07) is 47.6. The molecule has 0 spiro atoms. The van der Waals surface area contributed by atoms with Crippen LogP contribution in [-0.2, 0) is 0 Å². The van der Waals surface area contributed by atoms with Gasteiger partial charge >= 0.3 is 0 Å². The molecule has 7 aromatic carbocycles. The van der Waals surface area contributed by atoms with E-state index in [0.717, 1.165) is 6.42 Å². The van der Waals surface area contributed by atoms with Crippen molar-refractivity contribution in [3.8, 4) is 33.4 Å². The number of hydrogen-bond donors (Lipinski definition) is 0. The Balaban J connectivity index is 1.45. The first kappa shape index (κ1) is 32.4. The lowest BCUT2D eigenvalue weighted by Crippen LogP contribution is -1.97. The van der Waals surface area contributed by atoms with Crippen LogP contribution in [0.4, 0.5) is 0 Å². The normalized spacial score (nSPS) is 12.9. The molecule has 7 aromatic rings. The maximum atomic E-state index is 2.36. The van der Waals surface area contributed by atoms with Crippen LogP contribution >= 0.6 is 0 Å². The highest BCUT2D eigenvalue weighted by atomic mass is 14.2. The van der Waals surface area contributed by atoms with Gasteiger partial charge in [-0.3, -0.25) is 0 Å². The van der Waals surface area contributed by atoms with E-state index in [4.69, 9.17) is 0 Å². The molecule has 0 saturated carbocycles. The summed E-state index contributed by atoms with van der Waals surface area (Å²) in [5, 5.41) is 7.70. The fourth-order valence-electron chi connectivity index (χ4n) is 7.68. The fourth-order valence-corrected chi connectivity index (χ4v) is 7.68. The molecule has 0 nitrogen and oxygen atoms in total. The van der Waals surface area contributed by atoms with Gasteiger partial charge in [-0.2, -0.15) is 0 Å². The van der Waals surface area contributed by atoms with Gasteiger partial charge in [-0.15, -0.1) is 0 Å². The predicted octanol–water partition coefficient (Wildman–Crippen LogP) is 14.4. The van der Waals surface area contributed by atoms with Gasteiger partial charge in [-0.25, -0.2) is 0 Å². The second-order valence-corrected chi connectivity index (χ2v) is 14.0. The summed E-state index contributed by atoms with van der Waals surface area (Å²) in [7, 11) is 0. The summed E-state index contributed by atoms with van der Waals surface area (Å²) in [5.74, 6) is 1.02. The molecule has 49 heavy (non-hydrogen) atoms. The van der Waals surface area contributed by atoms with E-state index in [1.807, 2.05) is 0 Å². The summed E-state index contributed by atoms with van der Waals surface area (Å²) in [5.41, 5.74) is 13.1. The van der Waals surface area contributed by atoms with E-state index >= 15 is 0 Å². The molecule has 0 fully saturated rings. The zero-order chi connectivity index (χ0) is 34.1. The van der Waals surface area contributed by atoms with E-state index in [-0.39, 0.29) is 0 Å². The molecule has 0 N–H and O–H groups in total. The number of benzene rings is 7. The molecule has 0 aliphatic heterocycles. The topological polar surface area (TPSA) is 0 Å². The monoisotopic (exact) mass is 634 g/mol. The van der Waals surface area contributed by atoms with E-state index in [1.165, 1.54) is 88.0 Å². The Kier molecular flexibility index (Phi) is 9.07. The maximum Gasteiger partial charge on any atom is -0.00201 e. The molecule has 0 heterocycles. The van der Waals surface area contributed by atoms with Crippen molar-refractivity contribution < 1.29 is 0 Å². The van der Waals surface area contributed by atoms with E-state index in [9.17, 15) is 0 Å². The smallest absolute Gasteiger partial charge is 0.00201 e. The molecule has 1 unspecified atom stereocenters. The van der Waals surface area contributed by atoms with E-state index in [0.29, 0.717) is 11.8 Å². The van der Waals surface area contributed by atoms with Crippen LogP contribution in [0.15, 0.2) is 146 Å². The molecule has 0 saturated heterocycles. The van der Waals surface area contributed by atoms with Gasteiger partial charge in [0.15, 0.2) is 0 Å². The largest absolute Gasteiger partial charge is 0.0820 e. The Hall–Kier alpha value is -5.20. The molecule has 1 atom stereocenters. The summed E-state index contributed by atoms with van der Waals surface area (Å²) in [4.78, 5) is 0. The average molecular weight is 635 g/mol. The third-order valence-corrected chi connectivity index (χ3v) is 10.3. The maximum absolute atomic E-state index is 2.36. The summed E-state index contributed by atoms with van der Waals surface area (Å²) in [6.45, 7) is 13.5. The minimum Gasteiger partial charge on any atom is -0.0820 e. The molecule has 0 aliphatic carbocycles. The van der Waals surface area contributed by atoms with Gasteiger partial charge in [-0.1, -0.05) is 173 Å². The van der Waals surface area contributed by atoms with Gasteiger partial charge in [0.05, 0.1) is 0 Å². The Morgan fingerprint density at radius 3 is 1.47 bits per heavy atom. The van der Waals surface area contributed by atoms with Crippen LogP contribution in [0.3, 0.4) is 0 Å². The zero-order valence-corrected chi connectivity index (χ0v) is 29.7. The molecule has 0 radical (unpaired) electrons. The molecule has 242 valence electrons. The van der Waals surface area contributed by atoms with Crippen LogP contribution in [0.1, 0.15) is 50.8 Å². The van der Waals surface area contributed by atoms with Gasteiger partial charge in [0, 0.05) is 0 Å². The van der Waals surface area contributed by atoms with Crippen molar-refractivity contribution in [2.75, 3.05) is 0 Å². The van der Waals surface area contributed by atoms with Crippen LogP contribution in [0, 0.1) is 25.7 Å². The number of rotatable bonds is 8. The molecule has 0 aromatic heterocycles. The van der Waals surface area contributed by atoms with Crippen molar-refractivity contribution in [3.63, 3.8) is 0 Å². The van der Waals surface area contributed by atoms with Crippen LogP contribution in [0.2, 0.25) is 0 Å². The number of aryl methyl sites for hydroxylation is 2. The van der Waals surface area contributed by atoms with Gasteiger partial charge < -0.3 is 0 Å². The van der Waals surface area contributed by atoms with E-state index in [1.54, 1.807) is 0 Å². The minimum atomic E-state index is 0.486. The summed E-state index contributed by atoms with van der Waals surface area (Å²) >= 11 is 0. The predicted molar refractivity (Wildman–Crippen MR) is 216 cm³/mol. The molecule has 0 bridgehead atoms. The second-order valence-electron chi connectivity index (χ2n) is 14.0. The van der Waals surface area contributed by atoms with E-state index < -0.39 is 0 Å². The minimum absolute atomic E-state index is 0.486. The first-order valence-corrected chi connectivity index (χ1v) is 17.9. The molecule has 0 heteroatoms. The van der Waals surface area contributed by atoms with Gasteiger partial charge in [0.2, 0.25) is 0 Å². The SMILES string of the molecule is CCC(C)/C(=C\C=C/C(C)C)c1ccc(-c2c3ccccc3c(-c3ccc(-c4c(C)cccc4C)c4ccccc34)c3ccccc23)cc1. The first-order valence-electron chi connectivity index (χ1n) is 17.9. The highest BCUT2D eigenvalue weighted by molar-refractivity contribution is 6.24. The average Bonchev–Trinajstić information content (AvgIpc) is 3.12. The van der Waals surface area contributed by atoms with Gasteiger partial charge in [0.1, 0.15) is 0 Å². The quantitative estimate of drug-likeness (QED) is 0.115. The van der Waals surface area contributed by atoms with Crippen molar-refractivity contribution in [2.45, 2.75) is 48.0 Å². The third kappa shape index (κ3) is 6.02. The Bertz CT molecular complexity index is 2280. The lowest BCUT2D eigenvalue weighted by molar-refractivity contribution is 0.717. The molecule has 0 amide bonds. The standard InChI is InChI=1S/C49H46/c1-7-33(4)38(25-14-16-32(2)3)36-26-28-37(29-27-36)48-41-21-10-12-23-43(41)49(44-24-13-11-22-42(44)48)46-31-30-45(39-19-8-9-20-40(39)46)47-34(5)17-15-18-35(47)6/h8-33H,7H2,1-6H3/b16-14-,38-25+. The highest BCUT2D eigenvalue weighted by Crippen LogP contribution is 2.47. The van der Waals surface area contributed by atoms with Crippen LogP contribution in [-0.4, -0.2) is 0 Å². The lowest BCUT2D eigenvalue weighted by Gasteiger charge is -2.21. The van der Waals surface area contributed by atoms with Crippen molar-refractivity contribution in [1.82, 2.24) is 0 Å². The Labute approximate surface area is 292 Å². The summed E-state index contributed by atoms with van der Waals surface area (Å²) in [6.07, 6.45) is 7.94. The fraction of sp³-hybridized carbons (Fsp3) is 0.184. The number of fused-ring (bicyclic) bond motifs is 3. The summed E-state index contributed by atoms with van der Waals surface area (Å²) < 4.78 is 0. The Morgan fingerprint density at radius 2 is 0.980 bits per heavy atom. The lowest BCUT2D eigenvalue weighted by atomic mass is 9.83. The van der Waals surface area contributed by atoms with Gasteiger partial charge in [-0.05, 0) is 120 Å². The van der Waals surface area contributed by atoms with Crippen molar-refractivity contribution in [1.29, 1.82) is 0 Å². The molecular formula is C49H46. The molecule has 7 rings (SSSR count). The highest BCUT2D eigenvalue weighted by Gasteiger charge is 2.20. The van der Waals surface area contributed by atoms with Crippen LogP contribution < -0.4 is 0 Å². The molecule has 0 aliphatic rings. The van der Waals surface area contributed by atoms with Crippen molar-refractivity contribution in [3.05, 3.63) is 162 Å². The first-order chi connectivity index (χ1) is 23.9. The van der Waals surface area contributed by atoms with E-state index in [2.05, 4.69) is 187 Å². The number of hydrogen-bond acceptors (Lipinski definition) is 0.